The SMILES string of the molecule is c1ccc(B2c3ccccc3-c3ccccc3N2c2cc(-c3ccccc3)cc(-n3c4ccccc4c4ccccc43)c2)cc1. The number of para-hydroxylation sites is 3. The van der Waals surface area contributed by atoms with Gasteiger partial charge in [0.1, 0.15) is 0 Å². The Morgan fingerprint density at radius 2 is 0.956 bits per heavy atom. The van der Waals surface area contributed by atoms with E-state index in [2.05, 4.69) is 185 Å². The van der Waals surface area contributed by atoms with Crippen LogP contribution in [0.4, 0.5) is 11.4 Å². The molecule has 1 aliphatic rings. The van der Waals surface area contributed by atoms with E-state index in [4.69, 9.17) is 0 Å². The largest absolute Gasteiger partial charge is 0.376 e. The van der Waals surface area contributed by atoms with Crippen LogP contribution >= 0.6 is 0 Å². The lowest BCUT2D eigenvalue weighted by molar-refractivity contribution is 1.18. The van der Waals surface area contributed by atoms with E-state index in [1.54, 1.807) is 0 Å². The monoisotopic (exact) mass is 572 g/mol. The Morgan fingerprint density at radius 1 is 0.400 bits per heavy atom. The molecular formula is C42H29BN2. The normalized spacial score (nSPS) is 12.4. The predicted octanol–water partition coefficient (Wildman–Crippen LogP) is 9.38. The van der Waals surface area contributed by atoms with Crippen molar-refractivity contribution in [3.8, 4) is 27.9 Å². The van der Waals surface area contributed by atoms with Gasteiger partial charge in [-0.2, -0.15) is 0 Å². The first-order valence-corrected chi connectivity index (χ1v) is 15.6. The molecule has 7 aromatic carbocycles. The first-order valence-electron chi connectivity index (χ1n) is 15.6. The van der Waals surface area contributed by atoms with Gasteiger partial charge in [0.25, 0.3) is 0 Å². The summed E-state index contributed by atoms with van der Waals surface area (Å²) < 4.78 is 2.43. The average molecular weight is 573 g/mol. The first-order chi connectivity index (χ1) is 22.3. The Balaban J connectivity index is 1.37. The Kier molecular flexibility index (Phi) is 5.95. The fourth-order valence-electron chi connectivity index (χ4n) is 7.28. The molecule has 0 unspecified atom stereocenters. The maximum Gasteiger partial charge on any atom is 0.328 e. The molecule has 1 aliphatic heterocycles. The third kappa shape index (κ3) is 4.12. The van der Waals surface area contributed by atoms with Crippen LogP contribution in [-0.2, 0) is 0 Å². The second-order valence-electron chi connectivity index (χ2n) is 11.8. The van der Waals surface area contributed by atoms with Crippen molar-refractivity contribution in [2.24, 2.45) is 0 Å². The number of fused-ring (bicyclic) bond motifs is 6. The summed E-state index contributed by atoms with van der Waals surface area (Å²) in [6, 6.07) is 64.0. The van der Waals surface area contributed by atoms with E-state index in [9.17, 15) is 0 Å². The van der Waals surface area contributed by atoms with Gasteiger partial charge in [0, 0.05) is 33.4 Å². The van der Waals surface area contributed by atoms with Crippen LogP contribution in [0.15, 0.2) is 176 Å². The maximum absolute atomic E-state index is 2.55. The molecule has 0 radical (unpaired) electrons. The summed E-state index contributed by atoms with van der Waals surface area (Å²) >= 11 is 0. The van der Waals surface area contributed by atoms with Crippen LogP contribution in [0.3, 0.4) is 0 Å². The van der Waals surface area contributed by atoms with Gasteiger partial charge in [-0.15, -0.1) is 0 Å². The number of benzene rings is 7. The first kappa shape index (κ1) is 25.7. The third-order valence-corrected chi connectivity index (χ3v) is 9.21. The predicted molar refractivity (Wildman–Crippen MR) is 192 cm³/mol. The number of anilines is 2. The van der Waals surface area contributed by atoms with Crippen molar-refractivity contribution < 1.29 is 0 Å². The fourth-order valence-corrected chi connectivity index (χ4v) is 7.28. The zero-order valence-corrected chi connectivity index (χ0v) is 24.7. The number of hydrogen-bond acceptors (Lipinski definition) is 1. The van der Waals surface area contributed by atoms with Crippen LogP contribution < -0.4 is 15.7 Å². The highest BCUT2D eigenvalue weighted by Crippen LogP contribution is 2.42. The van der Waals surface area contributed by atoms with Crippen LogP contribution in [0.5, 0.6) is 0 Å². The minimum atomic E-state index is 0.00863. The van der Waals surface area contributed by atoms with Gasteiger partial charge in [-0.1, -0.05) is 145 Å². The van der Waals surface area contributed by atoms with Crippen LogP contribution in [0.2, 0.25) is 0 Å². The van der Waals surface area contributed by atoms with E-state index in [0.29, 0.717) is 0 Å². The Morgan fingerprint density at radius 3 is 1.69 bits per heavy atom. The van der Waals surface area contributed by atoms with Gasteiger partial charge in [-0.05, 0) is 58.6 Å². The van der Waals surface area contributed by atoms with Crippen molar-refractivity contribution >= 4 is 51.0 Å². The van der Waals surface area contributed by atoms with Crippen LogP contribution in [0.1, 0.15) is 0 Å². The van der Waals surface area contributed by atoms with Crippen molar-refractivity contribution in [3.63, 3.8) is 0 Å². The van der Waals surface area contributed by atoms with Crippen molar-refractivity contribution in [3.05, 3.63) is 176 Å². The van der Waals surface area contributed by atoms with Crippen LogP contribution in [-0.4, -0.2) is 11.4 Å². The van der Waals surface area contributed by atoms with E-state index in [1.165, 1.54) is 60.7 Å². The van der Waals surface area contributed by atoms with E-state index in [1.807, 2.05) is 0 Å². The summed E-state index contributed by atoms with van der Waals surface area (Å²) in [7, 11) is 0. The Bertz CT molecular complexity index is 2290. The standard InChI is InChI=1S/C42H29BN2/c1-3-15-30(16-4-1)31-27-33(44-40-24-12-8-21-37(40)38-22-9-13-25-41(38)44)29-34(28-31)45-42-26-14-10-20-36(42)35-19-7-11-23-39(35)43(45)32-17-5-2-6-18-32/h1-29H. The molecule has 0 aliphatic carbocycles. The van der Waals surface area contributed by atoms with Gasteiger partial charge in [-0.3, -0.25) is 0 Å². The van der Waals surface area contributed by atoms with Crippen LogP contribution in [0.25, 0.3) is 49.7 Å². The van der Waals surface area contributed by atoms with E-state index < -0.39 is 0 Å². The summed E-state index contributed by atoms with van der Waals surface area (Å²) in [5, 5.41) is 2.53. The molecule has 0 saturated carbocycles. The topological polar surface area (TPSA) is 8.17 Å². The molecule has 0 atom stereocenters. The van der Waals surface area contributed by atoms with Crippen molar-refractivity contribution in [2.75, 3.05) is 4.81 Å². The number of hydrogen-bond donors (Lipinski definition) is 0. The Hall–Kier alpha value is -5.80. The highest BCUT2D eigenvalue weighted by Gasteiger charge is 2.37. The van der Waals surface area contributed by atoms with Crippen molar-refractivity contribution in [2.45, 2.75) is 0 Å². The second kappa shape index (κ2) is 10.4. The van der Waals surface area contributed by atoms with E-state index in [-0.39, 0.29) is 6.85 Å². The van der Waals surface area contributed by atoms with Gasteiger partial charge in [0.2, 0.25) is 0 Å². The lowest BCUT2D eigenvalue weighted by Gasteiger charge is -2.39. The Labute approximate surface area is 263 Å². The van der Waals surface area contributed by atoms with Crippen molar-refractivity contribution in [1.82, 2.24) is 4.57 Å². The number of rotatable bonds is 4. The molecule has 0 fully saturated rings. The van der Waals surface area contributed by atoms with E-state index in [0.717, 1.165) is 11.4 Å². The molecule has 0 saturated heterocycles. The molecule has 2 nitrogen and oxygen atoms in total. The lowest BCUT2D eigenvalue weighted by Crippen LogP contribution is -2.57. The minimum absolute atomic E-state index is 0.00863. The summed E-state index contributed by atoms with van der Waals surface area (Å²) in [6.07, 6.45) is 0. The summed E-state index contributed by atoms with van der Waals surface area (Å²) in [5.41, 5.74) is 13.4. The molecule has 0 spiro atoms. The zero-order valence-electron chi connectivity index (χ0n) is 24.7. The smallest absolute Gasteiger partial charge is 0.328 e. The lowest BCUT2D eigenvalue weighted by atomic mass is 9.46. The molecule has 0 N–H and O–H groups in total. The molecular weight excluding hydrogens is 543 g/mol. The quantitative estimate of drug-likeness (QED) is 0.191. The highest BCUT2D eigenvalue weighted by atomic mass is 15.1. The summed E-state index contributed by atoms with van der Waals surface area (Å²) in [5.74, 6) is 0. The number of nitrogens with zero attached hydrogens (tertiary/aromatic N) is 2. The maximum atomic E-state index is 2.55. The number of aromatic nitrogens is 1. The van der Waals surface area contributed by atoms with Crippen molar-refractivity contribution in [1.29, 1.82) is 0 Å². The molecule has 3 heteroatoms. The van der Waals surface area contributed by atoms with Gasteiger partial charge in [0.15, 0.2) is 0 Å². The van der Waals surface area contributed by atoms with Crippen LogP contribution in [0, 0.1) is 0 Å². The molecule has 2 heterocycles. The molecule has 210 valence electrons. The molecule has 45 heavy (non-hydrogen) atoms. The molecule has 0 amide bonds. The molecule has 1 aromatic heterocycles. The van der Waals surface area contributed by atoms with E-state index >= 15 is 0 Å². The second-order valence-corrected chi connectivity index (χ2v) is 11.8. The van der Waals surface area contributed by atoms with Gasteiger partial charge < -0.3 is 9.38 Å². The molecule has 0 bridgehead atoms. The minimum Gasteiger partial charge on any atom is -0.376 e. The molecule has 8 aromatic rings. The average Bonchev–Trinajstić information content (AvgIpc) is 3.46. The van der Waals surface area contributed by atoms with Gasteiger partial charge >= 0.3 is 6.85 Å². The molecule has 9 rings (SSSR count). The van der Waals surface area contributed by atoms with Gasteiger partial charge in [0.05, 0.1) is 11.0 Å². The zero-order chi connectivity index (χ0) is 29.7. The van der Waals surface area contributed by atoms with Gasteiger partial charge in [-0.25, -0.2) is 0 Å². The summed E-state index contributed by atoms with van der Waals surface area (Å²) in [4.78, 5) is 2.55. The fraction of sp³-hybridized carbons (Fsp3) is 0. The third-order valence-electron chi connectivity index (χ3n) is 9.21. The summed E-state index contributed by atoms with van der Waals surface area (Å²) in [6.45, 7) is 0.00863. The highest BCUT2D eigenvalue weighted by molar-refractivity contribution is 6.90.